The predicted molar refractivity (Wildman–Crippen MR) is 122 cm³/mol. The Morgan fingerprint density at radius 2 is 1.88 bits per heavy atom. The van der Waals surface area contributed by atoms with Crippen molar-refractivity contribution in [3.05, 3.63) is 59.0 Å². The molecule has 0 bridgehead atoms. The van der Waals surface area contributed by atoms with Gasteiger partial charge in [-0.15, -0.1) is 0 Å². The zero-order valence-corrected chi connectivity index (χ0v) is 18.6. The van der Waals surface area contributed by atoms with Gasteiger partial charge in [-0.05, 0) is 86.1 Å². The molecule has 2 aliphatic rings. The highest BCUT2D eigenvalue weighted by molar-refractivity contribution is 5.90. The van der Waals surface area contributed by atoms with Gasteiger partial charge in [0.1, 0.15) is 11.6 Å². The molecule has 0 spiro atoms. The van der Waals surface area contributed by atoms with Gasteiger partial charge in [-0.25, -0.2) is 4.39 Å². The Labute approximate surface area is 191 Å². The van der Waals surface area contributed by atoms with E-state index in [9.17, 15) is 24.5 Å². The standard InChI is InChI=1S/C26H28FNO5/c1-15-10-18(2-4-21(15)27)28-22-5-3-19(30)11-20(22)23(24(28)16-6-8-33-9-7-16)17-12-26(13-17,14-29)25(31)32/h2-5,10-11,16-17,29-30H,6-9,12-14H2,1H3,(H,31,32). The number of carboxylic acids is 1. The molecule has 5 rings (SSSR count). The summed E-state index contributed by atoms with van der Waals surface area (Å²) in [5, 5.41) is 30.7. The first-order valence-electron chi connectivity index (χ1n) is 11.4. The third-order valence-electron chi connectivity index (χ3n) is 7.47. The maximum absolute atomic E-state index is 14.1. The number of fused-ring (bicyclic) bond motifs is 1. The minimum absolute atomic E-state index is 0.0572. The first-order chi connectivity index (χ1) is 15.8. The Morgan fingerprint density at radius 1 is 1.15 bits per heavy atom. The molecular formula is C26H28FNO5. The van der Waals surface area contributed by atoms with Crippen LogP contribution in [0.25, 0.3) is 16.6 Å². The fraction of sp³-hybridized carbons (Fsp3) is 0.423. The van der Waals surface area contributed by atoms with E-state index in [0.717, 1.165) is 40.7 Å². The number of hydrogen-bond acceptors (Lipinski definition) is 4. The van der Waals surface area contributed by atoms with E-state index in [1.54, 1.807) is 25.1 Å². The second-order valence-corrected chi connectivity index (χ2v) is 9.50. The molecule has 1 aliphatic carbocycles. The molecule has 2 heterocycles. The van der Waals surface area contributed by atoms with Crippen LogP contribution in [0.5, 0.6) is 5.75 Å². The second-order valence-electron chi connectivity index (χ2n) is 9.50. The average Bonchev–Trinajstić information content (AvgIpc) is 3.10. The molecule has 7 heteroatoms. The van der Waals surface area contributed by atoms with Crippen LogP contribution in [-0.4, -0.2) is 45.7 Å². The smallest absolute Gasteiger partial charge is 0.312 e. The summed E-state index contributed by atoms with van der Waals surface area (Å²) in [5.74, 6) is -0.982. The van der Waals surface area contributed by atoms with Crippen molar-refractivity contribution in [1.29, 1.82) is 0 Å². The molecule has 0 atom stereocenters. The summed E-state index contributed by atoms with van der Waals surface area (Å²) in [6.07, 6.45) is 2.33. The summed E-state index contributed by atoms with van der Waals surface area (Å²) >= 11 is 0. The molecule has 3 aromatic rings. The Morgan fingerprint density at radius 3 is 2.52 bits per heavy atom. The molecule has 0 unspecified atom stereocenters. The van der Waals surface area contributed by atoms with Gasteiger partial charge in [-0.1, -0.05) is 0 Å². The summed E-state index contributed by atoms with van der Waals surface area (Å²) < 4.78 is 21.8. The number of halogens is 1. The zero-order chi connectivity index (χ0) is 23.3. The van der Waals surface area contributed by atoms with Gasteiger partial charge < -0.3 is 24.6 Å². The lowest BCUT2D eigenvalue weighted by Crippen LogP contribution is -2.46. The number of rotatable bonds is 5. The molecule has 33 heavy (non-hydrogen) atoms. The van der Waals surface area contributed by atoms with Crippen LogP contribution >= 0.6 is 0 Å². The van der Waals surface area contributed by atoms with Crippen molar-refractivity contribution in [2.24, 2.45) is 5.41 Å². The van der Waals surface area contributed by atoms with Crippen LogP contribution in [0.4, 0.5) is 4.39 Å². The number of hydrogen-bond donors (Lipinski definition) is 3. The summed E-state index contributed by atoms with van der Waals surface area (Å²) in [7, 11) is 0. The maximum Gasteiger partial charge on any atom is 0.312 e. The number of benzene rings is 2. The van der Waals surface area contributed by atoms with E-state index < -0.39 is 18.0 Å². The van der Waals surface area contributed by atoms with Gasteiger partial charge in [0.2, 0.25) is 0 Å². The number of carboxylic acid groups (broad SMARTS) is 1. The van der Waals surface area contributed by atoms with Crippen LogP contribution in [0.1, 0.15) is 54.3 Å². The van der Waals surface area contributed by atoms with Gasteiger partial charge in [-0.3, -0.25) is 4.79 Å². The SMILES string of the molecule is Cc1cc(-n2c(C3CCOCC3)c(C3CC(CO)(C(=O)O)C3)c3cc(O)ccc32)ccc1F. The fourth-order valence-electron chi connectivity index (χ4n) is 5.63. The number of aromatic hydroxyl groups is 1. The topological polar surface area (TPSA) is 91.9 Å². The number of nitrogens with zero attached hydrogens (tertiary/aromatic N) is 1. The number of aliphatic hydroxyl groups is 1. The lowest BCUT2D eigenvalue weighted by atomic mass is 9.59. The molecule has 174 valence electrons. The van der Waals surface area contributed by atoms with Gasteiger partial charge in [0.05, 0.1) is 17.5 Å². The Balaban J connectivity index is 1.75. The second kappa shape index (κ2) is 8.15. The summed E-state index contributed by atoms with van der Waals surface area (Å²) in [4.78, 5) is 11.9. The first kappa shape index (κ1) is 21.9. The molecule has 0 radical (unpaired) electrons. The number of aliphatic carboxylic acids is 1. The van der Waals surface area contributed by atoms with Crippen molar-refractivity contribution >= 4 is 16.9 Å². The first-order valence-corrected chi connectivity index (χ1v) is 11.4. The maximum atomic E-state index is 14.1. The summed E-state index contributed by atoms with van der Waals surface area (Å²) in [5.41, 5.74) is 3.25. The van der Waals surface area contributed by atoms with Crippen LogP contribution < -0.4 is 0 Å². The summed E-state index contributed by atoms with van der Waals surface area (Å²) in [6.45, 7) is 2.62. The summed E-state index contributed by atoms with van der Waals surface area (Å²) in [6, 6.07) is 10.3. The minimum Gasteiger partial charge on any atom is -0.508 e. The largest absolute Gasteiger partial charge is 0.508 e. The lowest BCUT2D eigenvalue weighted by Gasteiger charge is -2.44. The minimum atomic E-state index is -1.13. The predicted octanol–water partition coefficient (Wildman–Crippen LogP) is 4.62. The monoisotopic (exact) mass is 453 g/mol. The molecule has 6 nitrogen and oxygen atoms in total. The molecule has 2 fully saturated rings. The number of aromatic nitrogens is 1. The molecule has 1 aliphatic heterocycles. The van der Waals surface area contributed by atoms with Crippen molar-refractivity contribution in [2.75, 3.05) is 19.8 Å². The third-order valence-corrected chi connectivity index (χ3v) is 7.47. The van der Waals surface area contributed by atoms with E-state index in [2.05, 4.69) is 4.57 Å². The highest BCUT2D eigenvalue weighted by atomic mass is 19.1. The number of phenols is 1. The fourth-order valence-corrected chi connectivity index (χ4v) is 5.63. The van der Waals surface area contributed by atoms with Crippen LogP contribution in [0.3, 0.4) is 0 Å². The molecule has 3 N–H and O–H groups in total. The quantitative estimate of drug-likeness (QED) is 0.524. The van der Waals surface area contributed by atoms with Crippen molar-refractivity contribution < 1.29 is 29.2 Å². The highest BCUT2D eigenvalue weighted by Gasteiger charge is 2.52. The Kier molecular flexibility index (Phi) is 5.41. The van der Waals surface area contributed by atoms with Gasteiger partial charge in [0.15, 0.2) is 0 Å². The molecule has 1 aromatic heterocycles. The number of phenolic OH excluding ortho intramolecular Hbond substituents is 1. The van der Waals surface area contributed by atoms with Crippen molar-refractivity contribution in [3.63, 3.8) is 0 Å². The molecule has 0 amide bonds. The lowest BCUT2D eigenvalue weighted by molar-refractivity contribution is -0.159. The van der Waals surface area contributed by atoms with E-state index in [4.69, 9.17) is 4.74 Å². The van der Waals surface area contributed by atoms with Crippen LogP contribution in [0, 0.1) is 18.2 Å². The molecular weight excluding hydrogens is 425 g/mol. The van der Waals surface area contributed by atoms with Crippen LogP contribution in [0.2, 0.25) is 0 Å². The van der Waals surface area contributed by atoms with Crippen molar-refractivity contribution in [3.8, 4) is 11.4 Å². The van der Waals surface area contributed by atoms with Crippen molar-refractivity contribution in [1.82, 2.24) is 4.57 Å². The Bertz CT molecular complexity index is 1220. The number of aryl methyl sites for hydroxylation is 1. The van der Waals surface area contributed by atoms with Gasteiger partial charge in [-0.2, -0.15) is 0 Å². The van der Waals surface area contributed by atoms with Gasteiger partial charge >= 0.3 is 5.97 Å². The van der Waals surface area contributed by atoms with E-state index in [-0.39, 0.29) is 23.4 Å². The van der Waals surface area contributed by atoms with E-state index in [1.807, 2.05) is 12.1 Å². The van der Waals surface area contributed by atoms with Crippen LogP contribution in [0.15, 0.2) is 36.4 Å². The number of aliphatic hydroxyl groups excluding tert-OH is 1. The normalized spacial score (nSPS) is 23.5. The zero-order valence-electron chi connectivity index (χ0n) is 18.6. The van der Waals surface area contributed by atoms with Gasteiger partial charge in [0, 0.05) is 35.9 Å². The molecule has 1 saturated carbocycles. The third kappa shape index (κ3) is 3.50. The Hall–Kier alpha value is -2.90. The average molecular weight is 454 g/mol. The number of ether oxygens (including phenoxy) is 1. The number of carbonyl (C=O) groups is 1. The van der Waals surface area contributed by atoms with Gasteiger partial charge in [0.25, 0.3) is 0 Å². The highest BCUT2D eigenvalue weighted by Crippen LogP contribution is 2.55. The van der Waals surface area contributed by atoms with E-state index >= 15 is 0 Å². The molecule has 2 aromatic carbocycles. The van der Waals surface area contributed by atoms with Crippen molar-refractivity contribution in [2.45, 2.75) is 44.4 Å². The molecule has 1 saturated heterocycles. The van der Waals surface area contributed by atoms with E-state index in [1.165, 1.54) is 6.07 Å². The van der Waals surface area contributed by atoms with Crippen LogP contribution in [-0.2, 0) is 9.53 Å². The van der Waals surface area contributed by atoms with E-state index in [0.29, 0.717) is 31.6 Å².